The summed E-state index contributed by atoms with van der Waals surface area (Å²) in [4.78, 5) is 28.7. The minimum absolute atomic E-state index is 0.0459. The molecule has 1 aromatic heterocycles. The van der Waals surface area contributed by atoms with Gasteiger partial charge in [0.1, 0.15) is 0 Å². The number of Topliss-reactive ketones (excluding diaryl/α,β-unsaturated/α-hetero) is 1. The van der Waals surface area contributed by atoms with Crippen molar-refractivity contribution in [3.05, 3.63) is 18.2 Å². The second-order valence-corrected chi connectivity index (χ2v) is 5.61. The maximum atomic E-state index is 12.4. The fraction of sp³-hybridized carbons (Fsp3) is 0.667. The summed E-state index contributed by atoms with van der Waals surface area (Å²) in [5.74, 6) is -0.656. The summed E-state index contributed by atoms with van der Waals surface area (Å²) in [7, 11) is 0. The van der Waals surface area contributed by atoms with Crippen LogP contribution in [-0.4, -0.2) is 46.4 Å². The first-order valence-corrected chi connectivity index (χ1v) is 8.06. The predicted octanol–water partition coefficient (Wildman–Crippen LogP) is -0.381. The van der Waals surface area contributed by atoms with Crippen molar-refractivity contribution >= 4 is 11.7 Å². The van der Waals surface area contributed by atoms with E-state index in [4.69, 9.17) is 22.9 Å². The average molecular weight is 324 g/mol. The van der Waals surface area contributed by atoms with E-state index in [2.05, 4.69) is 4.98 Å². The van der Waals surface area contributed by atoms with Gasteiger partial charge in [-0.1, -0.05) is 12.8 Å². The lowest BCUT2D eigenvalue weighted by molar-refractivity contribution is 0.0843. The number of aromatic nitrogens is 2. The van der Waals surface area contributed by atoms with Gasteiger partial charge in [-0.3, -0.25) is 14.2 Å². The van der Waals surface area contributed by atoms with Crippen molar-refractivity contribution in [2.24, 2.45) is 22.9 Å². The quantitative estimate of drug-likeness (QED) is 0.319. The van der Waals surface area contributed by atoms with Crippen LogP contribution < -0.4 is 22.9 Å². The number of nitrogens with zero attached hydrogens (tertiary/aromatic N) is 2. The third-order valence-electron chi connectivity index (χ3n) is 3.69. The zero-order chi connectivity index (χ0) is 17.2. The molecule has 1 heterocycles. The molecular formula is C15H28N6O2. The second kappa shape index (κ2) is 10.2. The lowest BCUT2D eigenvalue weighted by atomic mass is 10.1. The summed E-state index contributed by atoms with van der Waals surface area (Å²) in [5, 5.41) is 0. The van der Waals surface area contributed by atoms with E-state index >= 15 is 0 Å². The molecule has 23 heavy (non-hydrogen) atoms. The SMILES string of the molecule is NCCCC[C@H](N)C(=O)c1nccn1C(=O)[C@@H](N)CCCCN. The first-order valence-electron chi connectivity index (χ1n) is 8.06. The molecule has 8 heteroatoms. The van der Waals surface area contributed by atoms with E-state index in [-0.39, 0.29) is 17.5 Å². The number of unbranched alkanes of at least 4 members (excludes halogenated alkanes) is 2. The van der Waals surface area contributed by atoms with Gasteiger partial charge in [0.25, 0.3) is 0 Å². The van der Waals surface area contributed by atoms with E-state index in [1.165, 1.54) is 17.0 Å². The van der Waals surface area contributed by atoms with E-state index in [1.54, 1.807) is 0 Å². The molecule has 0 aromatic carbocycles. The lowest BCUT2D eigenvalue weighted by Crippen LogP contribution is -2.39. The molecule has 130 valence electrons. The van der Waals surface area contributed by atoms with E-state index in [1.807, 2.05) is 0 Å². The number of hydrogen-bond donors (Lipinski definition) is 4. The van der Waals surface area contributed by atoms with Crippen LogP contribution in [0, 0.1) is 0 Å². The molecule has 0 saturated carbocycles. The Kier molecular flexibility index (Phi) is 8.64. The Balaban J connectivity index is 2.70. The minimum Gasteiger partial charge on any atom is -0.330 e. The van der Waals surface area contributed by atoms with Crippen LogP contribution in [0.25, 0.3) is 0 Å². The lowest BCUT2D eigenvalue weighted by Gasteiger charge is -2.14. The topological polar surface area (TPSA) is 156 Å². The largest absolute Gasteiger partial charge is 0.330 e. The average Bonchev–Trinajstić information content (AvgIpc) is 3.03. The number of carbonyl (C=O) groups excluding carboxylic acids is 2. The van der Waals surface area contributed by atoms with Crippen LogP contribution in [0.15, 0.2) is 12.4 Å². The van der Waals surface area contributed by atoms with E-state index in [0.717, 1.165) is 25.7 Å². The van der Waals surface area contributed by atoms with E-state index < -0.39 is 12.1 Å². The highest BCUT2D eigenvalue weighted by Gasteiger charge is 2.25. The number of nitrogens with two attached hydrogens (primary N) is 4. The molecule has 1 aromatic rings. The summed E-state index contributed by atoms with van der Waals surface area (Å²) < 4.78 is 1.21. The molecule has 2 atom stereocenters. The van der Waals surface area contributed by atoms with Gasteiger partial charge in [-0.15, -0.1) is 0 Å². The van der Waals surface area contributed by atoms with E-state index in [9.17, 15) is 9.59 Å². The molecule has 0 bridgehead atoms. The maximum absolute atomic E-state index is 12.4. The first-order chi connectivity index (χ1) is 11.0. The summed E-state index contributed by atoms with van der Waals surface area (Å²) in [5.41, 5.74) is 22.6. The molecule has 8 nitrogen and oxygen atoms in total. The third-order valence-corrected chi connectivity index (χ3v) is 3.69. The van der Waals surface area contributed by atoms with E-state index in [0.29, 0.717) is 25.9 Å². The smallest absolute Gasteiger partial charge is 0.249 e. The highest BCUT2D eigenvalue weighted by Crippen LogP contribution is 2.09. The Labute approximate surface area is 136 Å². The van der Waals surface area contributed by atoms with Gasteiger partial charge < -0.3 is 22.9 Å². The van der Waals surface area contributed by atoms with Gasteiger partial charge in [0, 0.05) is 12.4 Å². The first kappa shape index (κ1) is 19.4. The molecule has 8 N–H and O–H groups in total. The van der Waals surface area contributed by atoms with Crippen molar-refractivity contribution in [1.82, 2.24) is 9.55 Å². The van der Waals surface area contributed by atoms with Gasteiger partial charge in [0.05, 0.1) is 12.1 Å². The fourth-order valence-corrected chi connectivity index (χ4v) is 2.28. The van der Waals surface area contributed by atoms with Crippen LogP contribution in [0.1, 0.15) is 53.9 Å². The zero-order valence-corrected chi connectivity index (χ0v) is 13.5. The molecule has 0 unspecified atom stereocenters. The molecule has 0 saturated heterocycles. The summed E-state index contributed by atoms with van der Waals surface area (Å²) in [6.45, 7) is 1.12. The number of carbonyl (C=O) groups is 2. The van der Waals surface area contributed by atoms with Gasteiger partial charge >= 0.3 is 0 Å². The highest BCUT2D eigenvalue weighted by molar-refractivity contribution is 6.00. The molecule has 0 fully saturated rings. The van der Waals surface area contributed by atoms with Crippen LogP contribution in [0.2, 0.25) is 0 Å². The van der Waals surface area contributed by atoms with Crippen molar-refractivity contribution in [3.63, 3.8) is 0 Å². The van der Waals surface area contributed by atoms with Crippen LogP contribution in [0.5, 0.6) is 0 Å². The Morgan fingerprint density at radius 1 is 1.00 bits per heavy atom. The molecule has 1 rings (SSSR count). The molecule has 0 amide bonds. The molecule has 0 spiro atoms. The van der Waals surface area contributed by atoms with Gasteiger partial charge in [0.2, 0.25) is 11.7 Å². The van der Waals surface area contributed by atoms with Crippen molar-refractivity contribution < 1.29 is 9.59 Å². The highest BCUT2D eigenvalue weighted by atomic mass is 16.2. The van der Waals surface area contributed by atoms with Crippen LogP contribution in [-0.2, 0) is 0 Å². The predicted molar refractivity (Wildman–Crippen MR) is 88.9 cm³/mol. The Morgan fingerprint density at radius 2 is 1.57 bits per heavy atom. The summed E-state index contributed by atoms with van der Waals surface area (Å²) in [6.07, 6.45) is 7.03. The van der Waals surface area contributed by atoms with Crippen molar-refractivity contribution in [2.45, 2.75) is 50.6 Å². The standard InChI is InChI=1S/C15H28N6O2/c16-7-3-1-5-11(18)13(22)14-20-9-10-21(14)15(23)12(19)6-2-4-8-17/h9-12H,1-8,16-19H2/t11-,12-/m0/s1. The number of rotatable bonds is 11. The van der Waals surface area contributed by atoms with Crippen LogP contribution in [0.3, 0.4) is 0 Å². The molecular weight excluding hydrogens is 296 g/mol. The molecule has 0 aliphatic heterocycles. The second-order valence-electron chi connectivity index (χ2n) is 5.61. The van der Waals surface area contributed by atoms with Gasteiger partial charge in [-0.25, -0.2) is 4.98 Å². The van der Waals surface area contributed by atoms with Crippen LogP contribution in [0.4, 0.5) is 0 Å². The monoisotopic (exact) mass is 324 g/mol. The Hall–Kier alpha value is -1.61. The van der Waals surface area contributed by atoms with Crippen molar-refractivity contribution in [1.29, 1.82) is 0 Å². The summed E-state index contributed by atoms with van der Waals surface area (Å²) >= 11 is 0. The van der Waals surface area contributed by atoms with Crippen LogP contribution >= 0.6 is 0 Å². The minimum atomic E-state index is -0.691. The van der Waals surface area contributed by atoms with Gasteiger partial charge in [0.15, 0.2) is 5.82 Å². The fourth-order valence-electron chi connectivity index (χ4n) is 2.28. The number of hydrogen-bond acceptors (Lipinski definition) is 7. The van der Waals surface area contributed by atoms with Crippen molar-refractivity contribution in [2.75, 3.05) is 13.1 Å². The van der Waals surface area contributed by atoms with Gasteiger partial charge in [-0.2, -0.15) is 0 Å². The molecule has 0 radical (unpaired) electrons. The molecule has 0 aliphatic carbocycles. The normalized spacial score (nSPS) is 13.7. The number of imidazole rings is 1. The zero-order valence-electron chi connectivity index (χ0n) is 13.5. The number of ketones is 1. The Bertz CT molecular complexity index is 459. The maximum Gasteiger partial charge on any atom is 0.249 e. The summed E-state index contributed by atoms with van der Waals surface area (Å²) in [6, 6.07) is -1.38. The van der Waals surface area contributed by atoms with Gasteiger partial charge in [-0.05, 0) is 38.8 Å². The molecule has 0 aliphatic rings. The third kappa shape index (κ3) is 5.83. The Morgan fingerprint density at radius 3 is 2.13 bits per heavy atom. The van der Waals surface area contributed by atoms with Crippen molar-refractivity contribution in [3.8, 4) is 0 Å².